The van der Waals surface area contributed by atoms with Gasteiger partial charge in [0.1, 0.15) is 0 Å². The smallest absolute Gasteiger partial charge is 0.0960 e. The van der Waals surface area contributed by atoms with Gasteiger partial charge in [0.25, 0.3) is 0 Å². The quantitative estimate of drug-likeness (QED) is 0.307. The first-order valence-electron chi connectivity index (χ1n) is 8.59. The van der Waals surface area contributed by atoms with Gasteiger partial charge < -0.3 is 0 Å². The van der Waals surface area contributed by atoms with Crippen molar-refractivity contribution in [1.82, 2.24) is 0 Å². The van der Waals surface area contributed by atoms with Crippen molar-refractivity contribution in [3.63, 3.8) is 0 Å². The van der Waals surface area contributed by atoms with Crippen LogP contribution in [0.4, 0.5) is 5.69 Å². The summed E-state index contributed by atoms with van der Waals surface area (Å²) in [6, 6.07) is 7.80. The number of rotatable bonds is 5. The molecule has 126 valence electrons. The Morgan fingerprint density at radius 1 is 1.17 bits per heavy atom. The summed E-state index contributed by atoms with van der Waals surface area (Å²) >= 11 is 7.89. The van der Waals surface area contributed by atoms with E-state index in [1.54, 1.807) is 0 Å². The highest BCUT2D eigenvalue weighted by atomic mass is 35.5. The minimum atomic E-state index is -1.21. The molecule has 0 spiro atoms. The van der Waals surface area contributed by atoms with Gasteiger partial charge in [-0.1, -0.05) is 56.2 Å². The minimum Gasteiger partial charge on any atom is -0.242 e. The van der Waals surface area contributed by atoms with Crippen LogP contribution in [0.1, 0.15) is 32.1 Å². The molecule has 1 aromatic rings. The summed E-state index contributed by atoms with van der Waals surface area (Å²) in [5, 5.41) is 1.90. The molecule has 0 atom stereocenters. The van der Waals surface area contributed by atoms with E-state index in [2.05, 4.69) is 31.4 Å². The molecule has 1 saturated carbocycles. The summed E-state index contributed by atoms with van der Waals surface area (Å²) in [4.78, 5) is 4.84. The van der Waals surface area contributed by atoms with E-state index < -0.39 is 8.07 Å². The van der Waals surface area contributed by atoms with Crippen molar-refractivity contribution in [1.29, 1.82) is 0 Å². The molecule has 0 saturated heterocycles. The molecule has 2 rings (SSSR count). The van der Waals surface area contributed by atoms with E-state index in [1.165, 1.54) is 37.9 Å². The van der Waals surface area contributed by atoms with E-state index in [4.69, 9.17) is 16.6 Å². The van der Waals surface area contributed by atoms with Crippen molar-refractivity contribution in [2.45, 2.75) is 51.7 Å². The Bertz CT molecular complexity index is 539. The third-order valence-electron chi connectivity index (χ3n) is 3.98. The van der Waals surface area contributed by atoms with Crippen LogP contribution in [0.2, 0.25) is 24.7 Å². The zero-order chi connectivity index (χ0) is 16.7. The molecule has 1 fully saturated rings. The van der Waals surface area contributed by atoms with Gasteiger partial charge in [-0.2, -0.15) is 0 Å². The van der Waals surface area contributed by atoms with Gasteiger partial charge in [-0.25, -0.2) is 4.99 Å². The number of nitrogens with zero attached hydrogens (tertiary/aromatic N) is 1. The molecular weight excluding hydrogens is 338 g/mol. The second-order valence-electron chi connectivity index (χ2n) is 7.44. The number of hydrogen-bond donors (Lipinski definition) is 0. The molecule has 0 aromatic heterocycles. The molecule has 1 aliphatic carbocycles. The Balaban J connectivity index is 2.07. The number of benzene rings is 1. The predicted octanol–water partition coefficient (Wildman–Crippen LogP) is 7.12. The molecule has 4 heteroatoms. The lowest BCUT2D eigenvalue weighted by Gasteiger charge is -2.21. The standard InChI is InChI=1S/C19H28ClNSSi/c1-23(2,3)14-13-19(21-18-11-9-17(20)10-12-18)22-15-16-7-5-4-6-8-16/h9-14,16H,4-8,15H2,1-3H3. The van der Waals surface area contributed by atoms with Gasteiger partial charge in [-0.05, 0) is 49.1 Å². The van der Waals surface area contributed by atoms with Gasteiger partial charge in [-0.3, -0.25) is 0 Å². The van der Waals surface area contributed by atoms with Gasteiger partial charge in [0.15, 0.2) is 0 Å². The molecule has 0 radical (unpaired) electrons. The van der Waals surface area contributed by atoms with Gasteiger partial charge in [-0.15, -0.1) is 11.8 Å². The van der Waals surface area contributed by atoms with Crippen LogP contribution < -0.4 is 0 Å². The summed E-state index contributed by atoms with van der Waals surface area (Å²) in [6.07, 6.45) is 9.24. The van der Waals surface area contributed by atoms with Crippen molar-refractivity contribution < 1.29 is 0 Å². The van der Waals surface area contributed by atoms with Crippen LogP contribution in [0.5, 0.6) is 0 Å². The van der Waals surface area contributed by atoms with Crippen LogP contribution in [-0.4, -0.2) is 18.9 Å². The lowest BCUT2D eigenvalue weighted by molar-refractivity contribution is 0.391. The minimum absolute atomic E-state index is 0.762. The summed E-state index contributed by atoms with van der Waals surface area (Å²) in [5.74, 6) is 2.06. The normalized spacial score (nSPS) is 17.8. The second kappa shape index (κ2) is 9.10. The molecule has 0 heterocycles. The number of halogens is 1. The van der Waals surface area contributed by atoms with Crippen molar-refractivity contribution in [2.75, 3.05) is 5.75 Å². The Morgan fingerprint density at radius 3 is 2.43 bits per heavy atom. The Labute approximate surface area is 151 Å². The van der Waals surface area contributed by atoms with Crippen molar-refractivity contribution >= 4 is 42.2 Å². The highest BCUT2D eigenvalue weighted by Crippen LogP contribution is 2.28. The van der Waals surface area contributed by atoms with Gasteiger partial charge in [0.2, 0.25) is 0 Å². The first-order chi connectivity index (χ1) is 10.9. The summed E-state index contributed by atoms with van der Waals surface area (Å²) in [6.45, 7) is 7.07. The second-order valence-corrected chi connectivity index (χ2v) is 14.0. The Kier molecular flexibility index (Phi) is 7.44. The molecule has 1 aliphatic rings. The molecule has 1 aromatic carbocycles. The number of thioether (sulfide) groups is 1. The van der Waals surface area contributed by atoms with E-state index in [0.717, 1.165) is 21.7 Å². The lowest BCUT2D eigenvalue weighted by Crippen LogP contribution is -2.16. The third kappa shape index (κ3) is 7.73. The summed E-state index contributed by atoms with van der Waals surface area (Å²) in [7, 11) is -1.21. The topological polar surface area (TPSA) is 12.4 Å². The monoisotopic (exact) mass is 365 g/mol. The predicted molar refractivity (Wildman–Crippen MR) is 110 cm³/mol. The molecule has 0 aliphatic heterocycles. The van der Waals surface area contributed by atoms with E-state index in [1.807, 2.05) is 36.0 Å². The van der Waals surface area contributed by atoms with E-state index in [9.17, 15) is 0 Å². The molecule has 0 amide bonds. The zero-order valence-electron chi connectivity index (χ0n) is 14.5. The van der Waals surface area contributed by atoms with Crippen LogP contribution in [0.25, 0.3) is 0 Å². The van der Waals surface area contributed by atoms with Crippen molar-refractivity contribution in [3.8, 4) is 0 Å². The van der Waals surface area contributed by atoms with E-state index in [0.29, 0.717) is 0 Å². The van der Waals surface area contributed by atoms with Gasteiger partial charge in [0.05, 0.1) is 18.8 Å². The summed E-state index contributed by atoms with van der Waals surface area (Å²) in [5.41, 5.74) is 3.37. The van der Waals surface area contributed by atoms with Crippen LogP contribution in [0.3, 0.4) is 0 Å². The zero-order valence-corrected chi connectivity index (χ0v) is 17.1. The fourth-order valence-electron chi connectivity index (χ4n) is 2.64. The van der Waals surface area contributed by atoms with Crippen LogP contribution in [0.15, 0.2) is 41.0 Å². The molecule has 1 nitrogen and oxygen atoms in total. The summed E-state index contributed by atoms with van der Waals surface area (Å²) < 4.78 is 0. The maximum absolute atomic E-state index is 5.97. The average Bonchev–Trinajstić information content (AvgIpc) is 2.52. The molecule has 23 heavy (non-hydrogen) atoms. The van der Waals surface area contributed by atoms with Crippen LogP contribution in [0, 0.1) is 5.92 Å². The molecule has 0 bridgehead atoms. The number of hydrogen-bond acceptors (Lipinski definition) is 2. The SMILES string of the molecule is C[Si](C)(C)C=CC(=Nc1ccc(Cl)cc1)SCC1CCCCC1. The highest BCUT2D eigenvalue weighted by molar-refractivity contribution is 8.14. The first-order valence-corrected chi connectivity index (χ1v) is 13.5. The van der Waals surface area contributed by atoms with Crippen LogP contribution in [-0.2, 0) is 0 Å². The lowest BCUT2D eigenvalue weighted by atomic mass is 9.91. The van der Waals surface area contributed by atoms with Crippen molar-refractivity contribution in [2.24, 2.45) is 10.9 Å². The maximum atomic E-state index is 5.97. The van der Waals surface area contributed by atoms with E-state index in [-0.39, 0.29) is 0 Å². The fraction of sp³-hybridized carbons (Fsp3) is 0.526. The maximum Gasteiger partial charge on any atom is 0.0960 e. The van der Waals surface area contributed by atoms with Crippen LogP contribution >= 0.6 is 23.4 Å². The Hall–Kier alpha value is -0.513. The largest absolute Gasteiger partial charge is 0.242 e. The van der Waals surface area contributed by atoms with E-state index >= 15 is 0 Å². The first kappa shape index (κ1) is 18.8. The number of aliphatic imine (C=N–C) groups is 1. The molecule has 0 N–H and O–H groups in total. The molecule has 0 unspecified atom stereocenters. The fourth-order valence-corrected chi connectivity index (χ4v) is 4.62. The van der Waals surface area contributed by atoms with Crippen molar-refractivity contribution in [3.05, 3.63) is 41.1 Å². The van der Waals surface area contributed by atoms with Gasteiger partial charge in [0, 0.05) is 10.8 Å². The average molecular weight is 366 g/mol. The van der Waals surface area contributed by atoms with Gasteiger partial charge >= 0.3 is 0 Å². The highest BCUT2D eigenvalue weighted by Gasteiger charge is 2.15. The Morgan fingerprint density at radius 2 is 1.83 bits per heavy atom. The molecular formula is C19H28ClNSSi. The third-order valence-corrected chi connectivity index (χ3v) is 6.56.